The van der Waals surface area contributed by atoms with E-state index in [0.717, 1.165) is 31.9 Å². The lowest BCUT2D eigenvalue weighted by molar-refractivity contribution is -0.914. The number of halogens is 1. The Morgan fingerprint density at radius 3 is 2.48 bits per heavy atom. The van der Waals surface area contributed by atoms with Gasteiger partial charge in [0.15, 0.2) is 6.04 Å². The molecule has 0 aromatic heterocycles. The van der Waals surface area contributed by atoms with Gasteiger partial charge in [-0.15, -0.1) is 0 Å². The summed E-state index contributed by atoms with van der Waals surface area (Å²) < 4.78 is 0. The lowest BCUT2D eigenvalue weighted by Crippen LogP contribution is -3.19. The van der Waals surface area contributed by atoms with Crippen LogP contribution in [-0.4, -0.2) is 43.1 Å². The van der Waals surface area contributed by atoms with Crippen molar-refractivity contribution in [3.8, 4) is 0 Å². The van der Waals surface area contributed by atoms with Crippen molar-refractivity contribution in [3.63, 3.8) is 0 Å². The third-order valence-corrected chi connectivity index (χ3v) is 5.16. The molecule has 0 spiro atoms. The normalized spacial score (nSPS) is 16.0. The van der Waals surface area contributed by atoms with Crippen molar-refractivity contribution in [3.05, 3.63) is 63.7 Å². The molecule has 1 amide bonds. The highest BCUT2D eigenvalue weighted by Gasteiger charge is 2.29. The number of anilines is 2. The minimum atomic E-state index is -0.397. The summed E-state index contributed by atoms with van der Waals surface area (Å²) in [7, 11) is 0. The first kappa shape index (κ1) is 19.1. The molecule has 1 heterocycles. The van der Waals surface area contributed by atoms with Crippen LogP contribution in [0.25, 0.3) is 0 Å². The molecule has 0 aliphatic carbocycles. The monoisotopic (exact) mass is 389 g/mol. The first-order valence-electron chi connectivity index (χ1n) is 8.84. The van der Waals surface area contributed by atoms with E-state index in [1.54, 1.807) is 30.3 Å². The Balaban J connectivity index is 1.54. The van der Waals surface area contributed by atoms with Gasteiger partial charge in [-0.2, -0.15) is 0 Å². The standard InChI is InChI=1S/C19H21ClN4O3/c1-14(19(25)21-16-4-2-3-15(20)13-16)22-9-11-23(12-10-22)17-5-7-18(8-6-17)24(26)27/h2-8,13-14H,9-12H2,1H3,(H,21,25)/p+1/t14-/m1/s1. The van der Waals surface area contributed by atoms with Crippen LogP contribution in [0.1, 0.15) is 6.92 Å². The van der Waals surface area contributed by atoms with Gasteiger partial charge >= 0.3 is 0 Å². The minimum Gasteiger partial charge on any atom is -0.360 e. The summed E-state index contributed by atoms with van der Waals surface area (Å²) in [5.74, 6) is -0.0314. The zero-order valence-electron chi connectivity index (χ0n) is 15.0. The third-order valence-electron chi connectivity index (χ3n) is 4.93. The molecule has 0 saturated carbocycles. The molecule has 0 radical (unpaired) electrons. The fourth-order valence-corrected chi connectivity index (χ4v) is 3.46. The summed E-state index contributed by atoms with van der Waals surface area (Å²) in [6.45, 7) is 5.16. The number of nitro benzene ring substituents is 1. The van der Waals surface area contributed by atoms with Gasteiger partial charge < -0.3 is 15.1 Å². The Morgan fingerprint density at radius 2 is 1.89 bits per heavy atom. The lowest BCUT2D eigenvalue weighted by atomic mass is 10.2. The van der Waals surface area contributed by atoms with E-state index in [1.165, 1.54) is 17.0 Å². The molecule has 2 N–H and O–H groups in total. The van der Waals surface area contributed by atoms with Crippen LogP contribution in [0.4, 0.5) is 17.1 Å². The van der Waals surface area contributed by atoms with Crippen LogP contribution in [-0.2, 0) is 4.79 Å². The van der Waals surface area contributed by atoms with E-state index in [9.17, 15) is 14.9 Å². The SMILES string of the molecule is C[C@H](C(=O)Nc1cccc(Cl)c1)[NH+]1CCN(c2ccc([N+](=O)[O-])cc2)CC1. The van der Waals surface area contributed by atoms with Crippen molar-refractivity contribution < 1.29 is 14.6 Å². The molecular weight excluding hydrogens is 368 g/mol. The smallest absolute Gasteiger partial charge is 0.282 e. The number of nitrogens with one attached hydrogen (secondary N) is 2. The van der Waals surface area contributed by atoms with Gasteiger partial charge in [-0.3, -0.25) is 14.9 Å². The van der Waals surface area contributed by atoms with Crippen LogP contribution in [0.5, 0.6) is 0 Å². The minimum absolute atomic E-state index is 0.0314. The molecule has 1 fully saturated rings. The van der Waals surface area contributed by atoms with Crippen LogP contribution >= 0.6 is 11.6 Å². The van der Waals surface area contributed by atoms with Gasteiger partial charge in [-0.25, -0.2) is 0 Å². The summed E-state index contributed by atoms with van der Waals surface area (Å²) in [6, 6.07) is 13.5. The van der Waals surface area contributed by atoms with E-state index in [0.29, 0.717) is 10.7 Å². The van der Waals surface area contributed by atoms with E-state index in [-0.39, 0.29) is 17.6 Å². The average molecular weight is 390 g/mol. The van der Waals surface area contributed by atoms with E-state index in [2.05, 4.69) is 10.2 Å². The quantitative estimate of drug-likeness (QED) is 0.605. The lowest BCUT2D eigenvalue weighted by Gasteiger charge is -2.36. The number of carbonyl (C=O) groups excluding carboxylic acids is 1. The molecule has 3 rings (SSSR count). The van der Waals surface area contributed by atoms with Gasteiger partial charge in [0.1, 0.15) is 0 Å². The number of nitro groups is 1. The number of quaternary nitrogens is 1. The van der Waals surface area contributed by atoms with E-state index in [4.69, 9.17) is 11.6 Å². The summed E-state index contributed by atoms with van der Waals surface area (Å²) in [5.41, 5.74) is 1.76. The molecule has 2 aromatic rings. The average Bonchev–Trinajstić information content (AvgIpc) is 2.67. The van der Waals surface area contributed by atoms with Crippen molar-refractivity contribution in [2.75, 3.05) is 36.4 Å². The Morgan fingerprint density at radius 1 is 1.22 bits per heavy atom. The summed E-state index contributed by atoms with van der Waals surface area (Å²) in [5, 5.41) is 14.3. The number of amides is 1. The second-order valence-electron chi connectivity index (χ2n) is 6.64. The second-order valence-corrected chi connectivity index (χ2v) is 7.08. The number of benzene rings is 2. The molecular formula is C19H22ClN4O3+. The molecule has 0 unspecified atom stereocenters. The number of rotatable bonds is 5. The summed E-state index contributed by atoms with van der Waals surface area (Å²) in [6.07, 6.45) is 0. The predicted octanol–water partition coefficient (Wildman–Crippen LogP) is 1.98. The largest absolute Gasteiger partial charge is 0.360 e. The van der Waals surface area contributed by atoms with E-state index >= 15 is 0 Å². The van der Waals surface area contributed by atoms with Gasteiger partial charge in [0, 0.05) is 28.5 Å². The Labute approximate surface area is 162 Å². The van der Waals surface area contributed by atoms with Crippen molar-refractivity contribution in [1.82, 2.24) is 0 Å². The highest BCUT2D eigenvalue weighted by atomic mass is 35.5. The van der Waals surface area contributed by atoms with Crippen molar-refractivity contribution in [1.29, 1.82) is 0 Å². The highest BCUT2D eigenvalue weighted by molar-refractivity contribution is 6.30. The highest BCUT2D eigenvalue weighted by Crippen LogP contribution is 2.19. The Kier molecular flexibility index (Phi) is 5.93. The first-order valence-corrected chi connectivity index (χ1v) is 9.22. The number of nitrogens with zero attached hydrogens (tertiary/aromatic N) is 2. The molecule has 2 aromatic carbocycles. The number of non-ortho nitro benzene ring substituents is 1. The predicted molar refractivity (Wildman–Crippen MR) is 106 cm³/mol. The fraction of sp³-hybridized carbons (Fsp3) is 0.316. The van der Waals surface area contributed by atoms with Crippen molar-refractivity contribution >= 4 is 34.6 Å². The molecule has 7 nitrogen and oxygen atoms in total. The van der Waals surface area contributed by atoms with Crippen LogP contribution in [0.2, 0.25) is 5.02 Å². The number of hydrogen-bond acceptors (Lipinski definition) is 4. The third kappa shape index (κ3) is 4.75. The zero-order chi connectivity index (χ0) is 19.4. The van der Waals surface area contributed by atoms with Gasteiger partial charge in [0.2, 0.25) is 0 Å². The molecule has 8 heteroatoms. The van der Waals surface area contributed by atoms with Gasteiger partial charge in [0.25, 0.3) is 11.6 Å². The maximum absolute atomic E-state index is 12.5. The summed E-state index contributed by atoms with van der Waals surface area (Å²) >= 11 is 5.96. The van der Waals surface area contributed by atoms with Gasteiger partial charge in [0.05, 0.1) is 31.1 Å². The topological polar surface area (TPSA) is 79.9 Å². The fourth-order valence-electron chi connectivity index (χ4n) is 3.27. The van der Waals surface area contributed by atoms with Crippen LogP contribution in [0.3, 0.4) is 0 Å². The molecule has 142 valence electrons. The number of carbonyl (C=O) groups is 1. The molecule has 27 heavy (non-hydrogen) atoms. The van der Waals surface area contributed by atoms with Crippen LogP contribution < -0.4 is 15.1 Å². The molecule has 1 saturated heterocycles. The van der Waals surface area contributed by atoms with Crippen molar-refractivity contribution in [2.24, 2.45) is 0 Å². The Bertz CT molecular complexity index is 820. The molecule has 0 bridgehead atoms. The van der Waals surface area contributed by atoms with E-state index in [1.807, 2.05) is 13.0 Å². The van der Waals surface area contributed by atoms with Gasteiger partial charge in [-0.1, -0.05) is 17.7 Å². The van der Waals surface area contributed by atoms with Crippen LogP contribution in [0.15, 0.2) is 48.5 Å². The van der Waals surface area contributed by atoms with Gasteiger partial charge in [-0.05, 0) is 37.3 Å². The number of piperazine rings is 1. The second kappa shape index (κ2) is 8.37. The van der Waals surface area contributed by atoms with Crippen LogP contribution in [0, 0.1) is 10.1 Å². The first-order chi connectivity index (χ1) is 12.9. The maximum Gasteiger partial charge on any atom is 0.282 e. The summed E-state index contributed by atoms with van der Waals surface area (Å²) in [4.78, 5) is 26.3. The van der Waals surface area contributed by atoms with Crippen molar-refractivity contribution in [2.45, 2.75) is 13.0 Å². The molecule has 1 aliphatic rings. The molecule has 1 atom stereocenters. The van der Waals surface area contributed by atoms with E-state index < -0.39 is 4.92 Å². The molecule has 1 aliphatic heterocycles. The Hall–Kier alpha value is -2.64. The number of hydrogen-bond donors (Lipinski definition) is 2. The zero-order valence-corrected chi connectivity index (χ0v) is 15.8. The maximum atomic E-state index is 12.5.